The van der Waals surface area contributed by atoms with E-state index in [4.69, 9.17) is 4.74 Å². The Bertz CT molecular complexity index is 750. The molecule has 0 N–H and O–H groups in total. The van der Waals surface area contributed by atoms with Crippen LogP contribution in [0.25, 0.3) is 0 Å². The van der Waals surface area contributed by atoms with Crippen molar-refractivity contribution in [2.24, 2.45) is 0 Å². The molecule has 0 saturated carbocycles. The first kappa shape index (κ1) is 29.9. The lowest BCUT2D eigenvalue weighted by molar-refractivity contribution is -0.134. The number of carbonyl (C=O) groups is 1. The van der Waals surface area contributed by atoms with Gasteiger partial charge in [-0.15, -0.1) is 0 Å². The molecule has 1 aliphatic heterocycles. The maximum Gasteiger partial charge on any atom is 0.176 e. The van der Waals surface area contributed by atoms with Crippen LogP contribution in [0.1, 0.15) is 158 Å². The van der Waals surface area contributed by atoms with Crippen molar-refractivity contribution in [3.8, 4) is 5.75 Å². The number of ketones is 1. The molecule has 35 heavy (non-hydrogen) atoms. The zero-order valence-electron chi connectivity index (χ0n) is 24.0. The Labute approximate surface area is 218 Å². The van der Waals surface area contributed by atoms with E-state index < -0.39 is 5.60 Å². The highest BCUT2D eigenvalue weighted by Gasteiger charge is 2.39. The van der Waals surface area contributed by atoms with E-state index in [0.29, 0.717) is 12.2 Å². The molecule has 1 atom stereocenters. The van der Waals surface area contributed by atoms with E-state index in [0.717, 1.165) is 25.0 Å². The number of Topliss-reactive ketones (excluding diaryl/α,β-unsaturated/α-hetero) is 1. The van der Waals surface area contributed by atoms with Crippen molar-refractivity contribution in [1.82, 2.24) is 0 Å². The minimum absolute atomic E-state index is 0.294. The van der Waals surface area contributed by atoms with E-state index >= 15 is 0 Å². The Morgan fingerprint density at radius 1 is 0.743 bits per heavy atom. The van der Waals surface area contributed by atoms with E-state index in [1.54, 1.807) is 0 Å². The number of hydrogen-bond donors (Lipinski definition) is 0. The number of hydrogen-bond acceptors (Lipinski definition) is 2. The third-order valence-corrected chi connectivity index (χ3v) is 8.39. The molecule has 0 radical (unpaired) electrons. The quantitative estimate of drug-likeness (QED) is 0.182. The summed E-state index contributed by atoms with van der Waals surface area (Å²) < 4.78 is 6.41. The van der Waals surface area contributed by atoms with Crippen LogP contribution < -0.4 is 4.74 Å². The van der Waals surface area contributed by atoms with Crippen LogP contribution in [0, 0.1) is 20.8 Å². The fraction of sp³-hybridized carbons (Fsp3) is 0.788. The molecule has 2 rings (SSSR count). The Balaban J connectivity index is 1.47. The molecule has 1 heterocycles. The van der Waals surface area contributed by atoms with E-state index in [9.17, 15) is 4.79 Å². The lowest BCUT2D eigenvalue weighted by Crippen LogP contribution is -2.44. The second-order valence-corrected chi connectivity index (χ2v) is 11.6. The van der Waals surface area contributed by atoms with Crippen LogP contribution in [-0.4, -0.2) is 11.4 Å². The number of unbranched alkanes of at least 4 members (excludes halogenated alkanes) is 16. The topological polar surface area (TPSA) is 26.3 Å². The van der Waals surface area contributed by atoms with Gasteiger partial charge in [0.25, 0.3) is 0 Å². The van der Waals surface area contributed by atoms with Gasteiger partial charge in [-0.1, -0.05) is 116 Å². The lowest BCUT2D eigenvalue weighted by atomic mass is 9.84. The third kappa shape index (κ3) is 10.3. The first-order valence-electron chi connectivity index (χ1n) is 15.2. The second-order valence-electron chi connectivity index (χ2n) is 11.6. The summed E-state index contributed by atoms with van der Waals surface area (Å²) in [5.41, 5.74) is 4.41. The summed E-state index contributed by atoms with van der Waals surface area (Å²) in [6.45, 7) is 10.7. The Morgan fingerprint density at radius 3 is 1.69 bits per heavy atom. The average molecular weight is 485 g/mol. The molecular weight excluding hydrogens is 428 g/mol. The van der Waals surface area contributed by atoms with Crippen molar-refractivity contribution in [2.75, 3.05) is 0 Å². The van der Waals surface area contributed by atoms with Gasteiger partial charge in [0.15, 0.2) is 11.4 Å². The van der Waals surface area contributed by atoms with Gasteiger partial charge >= 0.3 is 0 Å². The molecule has 2 nitrogen and oxygen atoms in total. The number of fused-ring (bicyclic) bond motifs is 1. The standard InChI is InChI=1S/C33H56O2/c1-6-7-8-9-10-11-12-13-14-15-16-17-18-19-20-21-22-23-31(34)33(5)25-24-30-28(3)26-27(2)29(4)32(30)35-33/h26H,6-25H2,1-5H3. The largest absolute Gasteiger partial charge is 0.479 e. The Hall–Kier alpha value is -1.31. The summed E-state index contributed by atoms with van der Waals surface area (Å²) in [6.07, 6.45) is 25.6. The van der Waals surface area contributed by atoms with Crippen molar-refractivity contribution in [1.29, 1.82) is 0 Å². The van der Waals surface area contributed by atoms with Gasteiger partial charge in [0.1, 0.15) is 5.75 Å². The molecule has 0 aromatic heterocycles. The molecule has 1 aliphatic rings. The minimum atomic E-state index is -0.646. The maximum absolute atomic E-state index is 13.0. The average Bonchev–Trinajstić information content (AvgIpc) is 2.84. The van der Waals surface area contributed by atoms with E-state index in [1.165, 1.54) is 125 Å². The predicted octanol–water partition coefficient (Wildman–Crippen LogP) is 10.3. The summed E-state index contributed by atoms with van der Waals surface area (Å²) in [5, 5.41) is 0. The zero-order chi connectivity index (χ0) is 25.5. The van der Waals surface area contributed by atoms with Gasteiger partial charge in [0.05, 0.1) is 0 Å². The first-order valence-corrected chi connectivity index (χ1v) is 15.2. The highest BCUT2D eigenvalue weighted by molar-refractivity contribution is 5.87. The smallest absolute Gasteiger partial charge is 0.176 e. The molecule has 200 valence electrons. The normalized spacial score (nSPS) is 17.3. The molecule has 1 aromatic rings. The summed E-state index contributed by atoms with van der Waals surface area (Å²) in [5.74, 6) is 1.27. The first-order chi connectivity index (χ1) is 16.9. The van der Waals surface area contributed by atoms with Crippen LogP contribution >= 0.6 is 0 Å². The van der Waals surface area contributed by atoms with Crippen LogP contribution in [0.2, 0.25) is 0 Å². The SMILES string of the molecule is CCCCCCCCCCCCCCCCCCCC(=O)C1(C)CCc2c(C)cc(C)c(C)c2O1. The number of rotatable bonds is 19. The highest BCUT2D eigenvalue weighted by atomic mass is 16.5. The van der Waals surface area contributed by atoms with Gasteiger partial charge in [-0.25, -0.2) is 0 Å². The Morgan fingerprint density at radius 2 is 1.20 bits per heavy atom. The van der Waals surface area contributed by atoms with Crippen molar-refractivity contribution in [2.45, 2.75) is 169 Å². The van der Waals surface area contributed by atoms with Crippen LogP contribution in [-0.2, 0) is 11.2 Å². The fourth-order valence-electron chi connectivity index (χ4n) is 5.66. The van der Waals surface area contributed by atoms with Gasteiger partial charge in [-0.3, -0.25) is 4.79 Å². The highest BCUT2D eigenvalue weighted by Crippen LogP contribution is 2.40. The second kappa shape index (κ2) is 16.4. The number of carbonyl (C=O) groups excluding carboxylic acids is 1. The molecule has 0 amide bonds. The molecular formula is C33H56O2. The summed E-state index contributed by atoms with van der Waals surface area (Å²) in [6, 6.07) is 2.25. The predicted molar refractivity (Wildman–Crippen MR) is 152 cm³/mol. The maximum atomic E-state index is 13.0. The van der Waals surface area contributed by atoms with Gasteiger partial charge in [0.2, 0.25) is 0 Å². The number of benzene rings is 1. The molecule has 0 saturated heterocycles. The molecule has 0 spiro atoms. The molecule has 0 bridgehead atoms. The van der Waals surface area contributed by atoms with Crippen molar-refractivity contribution >= 4 is 5.78 Å². The van der Waals surface area contributed by atoms with Gasteiger partial charge in [0, 0.05) is 6.42 Å². The summed E-state index contributed by atoms with van der Waals surface area (Å²) in [7, 11) is 0. The van der Waals surface area contributed by atoms with Crippen molar-refractivity contribution in [3.05, 3.63) is 28.3 Å². The summed E-state index contributed by atoms with van der Waals surface area (Å²) >= 11 is 0. The van der Waals surface area contributed by atoms with Crippen LogP contribution in [0.4, 0.5) is 0 Å². The Kier molecular flexibility index (Phi) is 14.1. The minimum Gasteiger partial charge on any atom is -0.479 e. The van der Waals surface area contributed by atoms with Gasteiger partial charge < -0.3 is 4.74 Å². The van der Waals surface area contributed by atoms with E-state index in [-0.39, 0.29) is 0 Å². The van der Waals surface area contributed by atoms with Crippen molar-refractivity contribution < 1.29 is 9.53 Å². The zero-order valence-corrected chi connectivity index (χ0v) is 24.0. The molecule has 1 unspecified atom stereocenters. The molecule has 1 aromatic carbocycles. The van der Waals surface area contributed by atoms with Gasteiger partial charge in [-0.05, 0) is 69.2 Å². The van der Waals surface area contributed by atoms with Crippen molar-refractivity contribution in [3.63, 3.8) is 0 Å². The molecule has 0 fully saturated rings. The van der Waals surface area contributed by atoms with Crippen LogP contribution in [0.5, 0.6) is 5.75 Å². The van der Waals surface area contributed by atoms with E-state index in [1.807, 2.05) is 6.92 Å². The van der Waals surface area contributed by atoms with Crippen LogP contribution in [0.15, 0.2) is 6.07 Å². The monoisotopic (exact) mass is 484 g/mol. The van der Waals surface area contributed by atoms with Gasteiger partial charge in [-0.2, -0.15) is 0 Å². The van der Waals surface area contributed by atoms with E-state index in [2.05, 4.69) is 33.8 Å². The number of ether oxygens (including phenoxy) is 1. The third-order valence-electron chi connectivity index (χ3n) is 8.39. The van der Waals surface area contributed by atoms with Crippen LogP contribution in [0.3, 0.4) is 0 Å². The lowest BCUT2D eigenvalue weighted by Gasteiger charge is -2.36. The molecule has 0 aliphatic carbocycles. The number of aryl methyl sites for hydroxylation is 2. The fourth-order valence-corrected chi connectivity index (χ4v) is 5.66. The molecule has 2 heteroatoms. The summed E-state index contributed by atoms with van der Waals surface area (Å²) in [4.78, 5) is 13.0.